The van der Waals surface area contributed by atoms with Gasteiger partial charge in [0.05, 0.1) is 27.6 Å². The first-order valence-corrected chi connectivity index (χ1v) is 25.1. The number of aromatic nitrogens is 5. The summed E-state index contributed by atoms with van der Waals surface area (Å²) in [5, 5.41) is 6.88. The molecule has 0 aliphatic heterocycles. The summed E-state index contributed by atoms with van der Waals surface area (Å²) in [6.07, 6.45) is -4.89. The van der Waals surface area contributed by atoms with Crippen LogP contribution in [0.3, 0.4) is 0 Å². The van der Waals surface area contributed by atoms with E-state index in [1.54, 1.807) is 22.0 Å². The Morgan fingerprint density at radius 3 is 1.64 bits per heavy atom. The number of thiophene rings is 1. The molecule has 6 nitrogen and oxygen atoms in total. The molecule has 350 valence electrons. The van der Waals surface area contributed by atoms with Crippen molar-refractivity contribution < 1.29 is 17.6 Å². The van der Waals surface area contributed by atoms with Crippen LogP contribution in [0.15, 0.2) is 223 Å². The highest BCUT2D eigenvalue weighted by Gasteiger charge is 2.39. The molecule has 10 heteroatoms. The van der Waals surface area contributed by atoms with Crippen molar-refractivity contribution in [3.8, 4) is 56.7 Å². The Labute approximate surface area is 423 Å². The van der Waals surface area contributed by atoms with Crippen LogP contribution in [0.1, 0.15) is 5.56 Å². The summed E-state index contributed by atoms with van der Waals surface area (Å²) >= 11 is 1.76. The largest absolute Gasteiger partial charge is 0.454 e. The summed E-state index contributed by atoms with van der Waals surface area (Å²) < 4.78 is 63.2. The molecule has 10 aromatic carbocycles. The summed E-state index contributed by atoms with van der Waals surface area (Å²) in [5.74, 6) is 0.747. The molecule has 0 amide bonds. The quantitative estimate of drug-likeness (QED) is 0.167. The molecular weight excluding hydrogens is 944 g/mol. The molecule has 0 unspecified atom stereocenters. The van der Waals surface area contributed by atoms with E-state index in [0.29, 0.717) is 50.2 Å². The summed E-state index contributed by atoms with van der Waals surface area (Å²) in [7, 11) is 0. The average molecular weight is 980 g/mol. The number of rotatable bonds is 6. The van der Waals surface area contributed by atoms with Crippen LogP contribution in [0.25, 0.3) is 142 Å². The minimum Gasteiger partial charge on any atom is -0.454 e. The van der Waals surface area contributed by atoms with Gasteiger partial charge in [-0.05, 0) is 83.9 Å². The van der Waals surface area contributed by atoms with E-state index >= 15 is 13.2 Å². The second kappa shape index (κ2) is 16.1. The maximum Gasteiger partial charge on any atom is 0.418 e. The number of benzene rings is 10. The highest BCUT2D eigenvalue weighted by molar-refractivity contribution is 7.25. The molecule has 15 rings (SSSR count). The molecule has 0 saturated heterocycles. The molecule has 0 fully saturated rings. The van der Waals surface area contributed by atoms with Crippen molar-refractivity contribution in [1.82, 2.24) is 24.1 Å². The Bertz CT molecular complexity index is 4710. The van der Waals surface area contributed by atoms with Gasteiger partial charge in [-0.1, -0.05) is 146 Å². The molecule has 0 radical (unpaired) electrons. The Morgan fingerprint density at radius 2 is 0.919 bits per heavy atom. The first-order valence-electron chi connectivity index (χ1n) is 24.2. The number of hydrogen-bond acceptors (Lipinski definition) is 5. The Hall–Kier alpha value is -9.38. The van der Waals surface area contributed by atoms with E-state index in [9.17, 15) is 0 Å². The Kier molecular flexibility index (Phi) is 9.19. The number of halogens is 3. The van der Waals surface area contributed by atoms with Crippen LogP contribution < -0.4 is 0 Å². The van der Waals surface area contributed by atoms with Crippen LogP contribution in [0.2, 0.25) is 0 Å². The molecule has 0 aliphatic carbocycles. The smallest absolute Gasteiger partial charge is 0.418 e. The predicted molar refractivity (Wildman–Crippen MR) is 295 cm³/mol. The van der Waals surface area contributed by atoms with Crippen molar-refractivity contribution >= 4 is 97.1 Å². The standard InChI is InChI=1S/C64H36F3N5OS/c65-64(66,67)50-34-49(63-69-61(37-16-4-1-5-17-37)68-62(70-63)38-18-6-2-7-19-38)58-44-24-11-14-26-55(44)73-60(58)59(50)72-52-30-28-39(40-29-31-57-48(33-40)43-23-12-15-27-56(43)74-57)32-45(52)47-36-53-46(35-54(47)72)42-22-10-13-25-51(42)71(53)41-20-8-3-9-21-41/h1-36H. The lowest BCUT2D eigenvalue weighted by Gasteiger charge is -2.19. The molecule has 5 heterocycles. The zero-order valence-electron chi connectivity index (χ0n) is 39.0. The van der Waals surface area contributed by atoms with Gasteiger partial charge in [0.15, 0.2) is 23.1 Å². The lowest BCUT2D eigenvalue weighted by atomic mass is 9.99. The normalized spacial score (nSPS) is 12.3. The van der Waals surface area contributed by atoms with E-state index in [0.717, 1.165) is 54.8 Å². The fourth-order valence-corrected chi connectivity index (χ4v) is 12.2. The molecule has 0 atom stereocenters. The molecule has 0 saturated carbocycles. The van der Waals surface area contributed by atoms with E-state index in [1.165, 1.54) is 20.9 Å². The average Bonchev–Trinajstić information content (AvgIpc) is 4.26. The van der Waals surface area contributed by atoms with Crippen molar-refractivity contribution in [2.75, 3.05) is 0 Å². The van der Waals surface area contributed by atoms with Gasteiger partial charge in [0, 0.05) is 74.9 Å². The Balaban J connectivity index is 1.07. The van der Waals surface area contributed by atoms with Gasteiger partial charge >= 0.3 is 6.18 Å². The summed E-state index contributed by atoms with van der Waals surface area (Å²) in [4.78, 5) is 14.8. The van der Waals surface area contributed by atoms with Crippen molar-refractivity contribution in [2.45, 2.75) is 6.18 Å². The van der Waals surface area contributed by atoms with Gasteiger partial charge in [-0.15, -0.1) is 11.3 Å². The lowest BCUT2D eigenvalue weighted by Crippen LogP contribution is -2.12. The van der Waals surface area contributed by atoms with E-state index in [4.69, 9.17) is 19.4 Å². The number of hydrogen-bond donors (Lipinski definition) is 0. The van der Waals surface area contributed by atoms with Crippen molar-refractivity contribution in [3.05, 3.63) is 224 Å². The van der Waals surface area contributed by atoms with E-state index in [-0.39, 0.29) is 22.7 Å². The minimum absolute atomic E-state index is 0.0587. The number of nitrogens with zero attached hydrogens (tertiary/aromatic N) is 5. The van der Waals surface area contributed by atoms with Gasteiger partial charge in [-0.2, -0.15) is 13.2 Å². The first-order chi connectivity index (χ1) is 36.3. The molecule has 0 N–H and O–H groups in total. The van der Waals surface area contributed by atoms with E-state index in [1.807, 2.05) is 121 Å². The molecule has 5 aromatic heterocycles. The minimum atomic E-state index is -4.89. The highest BCUT2D eigenvalue weighted by atomic mass is 32.1. The molecule has 15 aromatic rings. The molecule has 0 spiro atoms. The maximum atomic E-state index is 16.6. The van der Waals surface area contributed by atoms with Crippen LogP contribution in [-0.2, 0) is 6.18 Å². The third-order valence-corrected chi connectivity index (χ3v) is 15.5. The second-order valence-corrected chi connectivity index (χ2v) is 19.7. The lowest BCUT2D eigenvalue weighted by molar-refractivity contribution is -0.137. The SMILES string of the molecule is FC(F)(F)c1cc(-c2nc(-c3ccccc3)nc(-c3ccccc3)n2)c2c(oc3ccccc32)c1-n1c2ccc(-c3ccc4sc5ccccc5c4c3)cc2c2cc3c(cc21)c1ccccc1n3-c1ccccc1. The van der Waals surface area contributed by atoms with E-state index in [2.05, 4.69) is 89.5 Å². The summed E-state index contributed by atoms with van der Waals surface area (Å²) in [6, 6.07) is 71.0. The van der Waals surface area contributed by atoms with Gasteiger partial charge in [0.2, 0.25) is 0 Å². The van der Waals surface area contributed by atoms with Crippen LogP contribution in [0, 0.1) is 0 Å². The number of para-hydroxylation sites is 3. The number of furan rings is 1. The van der Waals surface area contributed by atoms with Crippen LogP contribution in [-0.4, -0.2) is 24.1 Å². The van der Waals surface area contributed by atoms with Crippen molar-refractivity contribution in [1.29, 1.82) is 0 Å². The summed E-state index contributed by atoms with van der Waals surface area (Å²) in [6.45, 7) is 0. The zero-order valence-corrected chi connectivity index (χ0v) is 39.8. The third-order valence-electron chi connectivity index (χ3n) is 14.4. The van der Waals surface area contributed by atoms with Crippen LogP contribution in [0.5, 0.6) is 0 Å². The predicted octanol–water partition coefficient (Wildman–Crippen LogP) is 18.0. The maximum absolute atomic E-state index is 16.6. The van der Waals surface area contributed by atoms with E-state index < -0.39 is 11.7 Å². The molecular formula is C64H36F3N5OS. The molecule has 74 heavy (non-hydrogen) atoms. The van der Waals surface area contributed by atoms with Crippen molar-refractivity contribution in [2.24, 2.45) is 0 Å². The molecule has 0 aliphatic rings. The third kappa shape index (κ3) is 6.48. The van der Waals surface area contributed by atoms with Gasteiger partial charge < -0.3 is 13.6 Å². The van der Waals surface area contributed by atoms with Gasteiger partial charge in [0.1, 0.15) is 11.3 Å². The summed E-state index contributed by atoms with van der Waals surface area (Å²) in [5.41, 5.74) is 7.05. The monoisotopic (exact) mass is 979 g/mol. The highest BCUT2D eigenvalue weighted by Crippen LogP contribution is 2.50. The van der Waals surface area contributed by atoms with Gasteiger partial charge in [-0.3, -0.25) is 0 Å². The number of alkyl halides is 3. The van der Waals surface area contributed by atoms with Crippen LogP contribution in [0.4, 0.5) is 13.2 Å². The Morgan fingerprint density at radius 1 is 0.392 bits per heavy atom. The zero-order chi connectivity index (χ0) is 49.2. The fraction of sp³-hybridized carbons (Fsp3) is 0.0156. The number of fused-ring (bicyclic) bond motifs is 12. The fourth-order valence-electron chi connectivity index (χ4n) is 11.1. The first kappa shape index (κ1) is 42.3. The molecule has 0 bridgehead atoms. The topological polar surface area (TPSA) is 61.7 Å². The van der Waals surface area contributed by atoms with Crippen LogP contribution >= 0.6 is 11.3 Å². The van der Waals surface area contributed by atoms with Crippen molar-refractivity contribution in [3.63, 3.8) is 0 Å². The van der Waals surface area contributed by atoms with Gasteiger partial charge in [0.25, 0.3) is 0 Å². The second-order valence-electron chi connectivity index (χ2n) is 18.6. The van der Waals surface area contributed by atoms with Gasteiger partial charge in [-0.25, -0.2) is 15.0 Å².